The Hall–Kier alpha value is -2.81. The first-order valence-electron chi connectivity index (χ1n) is 9.74. The Morgan fingerprint density at radius 2 is 1.96 bits per heavy atom. The molecule has 27 heavy (non-hydrogen) atoms. The van der Waals surface area contributed by atoms with Gasteiger partial charge in [0, 0.05) is 28.7 Å². The molecule has 6 nitrogen and oxygen atoms in total. The highest BCUT2D eigenvalue weighted by atomic mass is 16.2. The van der Waals surface area contributed by atoms with Gasteiger partial charge in [0.05, 0.1) is 12.0 Å². The molecule has 1 aromatic carbocycles. The van der Waals surface area contributed by atoms with Crippen molar-refractivity contribution in [1.82, 2.24) is 15.6 Å². The Kier molecular flexibility index (Phi) is 4.85. The van der Waals surface area contributed by atoms with E-state index in [2.05, 4.69) is 21.7 Å². The molecule has 2 aliphatic rings. The lowest BCUT2D eigenvalue weighted by molar-refractivity contribution is -0.127. The van der Waals surface area contributed by atoms with E-state index in [0.29, 0.717) is 11.5 Å². The normalized spacial score (nSPS) is 23.4. The molecule has 2 amide bonds. The standard InChI is InChI=1S/C21H24N4O2/c22-12-19(13-8-9-13)25-21(27)16-4-1-2-6-18(16)24-20(26)15-5-3-7-17-14(15)10-11-23-17/h3,5,7,10-11,13,16,18-19,23H,1-2,4,6,8-9H2,(H,24,26)(H,25,27)/t16-,18+,19?/m1/s1. The lowest BCUT2D eigenvalue weighted by Gasteiger charge is -2.32. The van der Waals surface area contributed by atoms with Gasteiger partial charge >= 0.3 is 0 Å². The van der Waals surface area contributed by atoms with Crippen molar-refractivity contribution in [2.45, 2.75) is 50.6 Å². The van der Waals surface area contributed by atoms with E-state index in [9.17, 15) is 14.9 Å². The third kappa shape index (κ3) is 3.68. The lowest BCUT2D eigenvalue weighted by atomic mass is 9.83. The summed E-state index contributed by atoms with van der Waals surface area (Å²) >= 11 is 0. The van der Waals surface area contributed by atoms with Crippen LogP contribution in [-0.4, -0.2) is 28.9 Å². The van der Waals surface area contributed by atoms with Gasteiger partial charge in [0.15, 0.2) is 0 Å². The fourth-order valence-corrected chi connectivity index (χ4v) is 4.09. The molecular formula is C21H24N4O2. The van der Waals surface area contributed by atoms with Gasteiger partial charge < -0.3 is 15.6 Å². The van der Waals surface area contributed by atoms with E-state index in [1.807, 2.05) is 30.5 Å². The highest BCUT2D eigenvalue weighted by Crippen LogP contribution is 2.33. The van der Waals surface area contributed by atoms with Crippen LogP contribution in [0.15, 0.2) is 30.5 Å². The minimum absolute atomic E-state index is 0.0988. The number of fused-ring (bicyclic) bond motifs is 1. The minimum Gasteiger partial charge on any atom is -0.361 e. The summed E-state index contributed by atoms with van der Waals surface area (Å²) in [5.74, 6) is -0.230. The Morgan fingerprint density at radius 1 is 1.15 bits per heavy atom. The number of amides is 2. The third-order valence-corrected chi connectivity index (χ3v) is 5.79. The van der Waals surface area contributed by atoms with Crippen molar-refractivity contribution in [2.75, 3.05) is 0 Å². The molecule has 3 N–H and O–H groups in total. The van der Waals surface area contributed by atoms with E-state index >= 15 is 0 Å². The molecule has 140 valence electrons. The number of carbonyl (C=O) groups is 2. The van der Waals surface area contributed by atoms with Crippen molar-refractivity contribution in [3.05, 3.63) is 36.0 Å². The summed E-state index contributed by atoms with van der Waals surface area (Å²) in [6, 6.07) is 9.10. The third-order valence-electron chi connectivity index (χ3n) is 5.79. The minimum atomic E-state index is -0.399. The fraction of sp³-hybridized carbons (Fsp3) is 0.476. The summed E-state index contributed by atoms with van der Waals surface area (Å²) in [6.07, 6.45) is 7.32. The van der Waals surface area contributed by atoms with Gasteiger partial charge in [-0.05, 0) is 49.8 Å². The maximum atomic E-state index is 12.9. The van der Waals surface area contributed by atoms with Crippen molar-refractivity contribution in [3.63, 3.8) is 0 Å². The van der Waals surface area contributed by atoms with E-state index in [-0.39, 0.29) is 23.8 Å². The molecule has 2 aromatic rings. The second-order valence-electron chi connectivity index (χ2n) is 7.67. The second-order valence-corrected chi connectivity index (χ2v) is 7.67. The van der Waals surface area contributed by atoms with E-state index in [4.69, 9.17) is 0 Å². The molecule has 4 rings (SSSR count). The van der Waals surface area contributed by atoms with E-state index in [0.717, 1.165) is 49.4 Å². The second kappa shape index (κ2) is 7.43. The average molecular weight is 364 g/mol. The van der Waals surface area contributed by atoms with Crippen LogP contribution >= 0.6 is 0 Å². The van der Waals surface area contributed by atoms with Crippen LogP contribution in [0.3, 0.4) is 0 Å². The van der Waals surface area contributed by atoms with Gasteiger partial charge in [0.2, 0.25) is 5.91 Å². The summed E-state index contributed by atoms with van der Waals surface area (Å²) in [5, 5.41) is 16.2. The van der Waals surface area contributed by atoms with Crippen LogP contribution < -0.4 is 10.6 Å². The highest BCUT2D eigenvalue weighted by Gasteiger charge is 2.37. The molecule has 2 saturated carbocycles. The molecule has 1 heterocycles. The number of rotatable bonds is 5. The Bertz CT molecular complexity index is 893. The maximum Gasteiger partial charge on any atom is 0.252 e. The van der Waals surface area contributed by atoms with Gasteiger partial charge in [-0.25, -0.2) is 0 Å². The SMILES string of the molecule is N#CC(NC(=O)[C@@H]1CCCC[C@@H]1NC(=O)c1cccc2[nH]ccc12)C1CC1. The van der Waals surface area contributed by atoms with Crippen LogP contribution in [0.5, 0.6) is 0 Å². The number of nitrogens with one attached hydrogen (secondary N) is 3. The van der Waals surface area contributed by atoms with Gasteiger partial charge in [-0.1, -0.05) is 18.9 Å². The maximum absolute atomic E-state index is 12.9. The number of H-pyrrole nitrogens is 1. The number of nitriles is 1. The molecule has 3 atom stereocenters. The van der Waals surface area contributed by atoms with Gasteiger partial charge in [0.25, 0.3) is 5.91 Å². The van der Waals surface area contributed by atoms with Crippen molar-refractivity contribution < 1.29 is 9.59 Å². The molecule has 1 aromatic heterocycles. The molecule has 0 spiro atoms. The summed E-state index contributed by atoms with van der Waals surface area (Å²) < 4.78 is 0. The van der Waals surface area contributed by atoms with E-state index < -0.39 is 6.04 Å². The highest BCUT2D eigenvalue weighted by molar-refractivity contribution is 6.06. The Labute approximate surface area is 158 Å². The molecular weight excluding hydrogens is 340 g/mol. The number of carbonyl (C=O) groups excluding carboxylic acids is 2. The van der Waals surface area contributed by atoms with E-state index in [1.54, 1.807) is 0 Å². The monoisotopic (exact) mass is 364 g/mol. The molecule has 0 aliphatic heterocycles. The van der Waals surface area contributed by atoms with Crippen molar-refractivity contribution in [3.8, 4) is 6.07 Å². The number of hydrogen-bond donors (Lipinski definition) is 3. The number of aromatic amines is 1. The van der Waals surface area contributed by atoms with E-state index in [1.165, 1.54) is 0 Å². The molecule has 0 radical (unpaired) electrons. The van der Waals surface area contributed by atoms with Gasteiger partial charge in [-0.3, -0.25) is 9.59 Å². The predicted molar refractivity (Wildman–Crippen MR) is 102 cm³/mol. The van der Waals surface area contributed by atoms with Crippen LogP contribution in [0, 0.1) is 23.2 Å². The largest absolute Gasteiger partial charge is 0.361 e. The van der Waals surface area contributed by atoms with Crippen molar-refractivity contribution in [2.24, 2.45) is 11.8 Å². The first-order valence-corrected chi connectivity index (χ1v) is 9.74. The van der Waals surface area contributed by atoms with Crippen LogP contribution in [0.25, 0.3) is 10.9 Å². The molecule has 1 unspecified atom stereocenters. The lowest BCUT2D eigenvalue weighted by Crippen LogP contribution is -2.50. The van der Waals surface area contributed by atoms with Crippen molar-refractivity contribution in [1.29, 1.82) is 5.26 Å². The quantitative estimate of drug-likeness (QED) is 0.761. The van der Waals surface area contributed by atoms with Crippen LogP contribution in [-0.2, 0) is 4.79 Å². The number of nitrogens with zero attached hydrogens (tertiary/aromatic N) is 1. The summed E-state index contributed by atoms with van der Waals surface area (Å²) in [7, 11) is 0. The topological polar surface area (TPSA) is 97.8 Å². The average Bonchev–Trinajstić information content (AvgIpc) is 3.42. The van der Waals surface area contributed by atoms with Gasteiger partial charge in [0.1, 0.15) is 6.04 Å². The molecule has 2 aliphatic carbocycles. The first-order chi connectivity index (χ1) is 13.2. The number of benzene rings is 1. The fourth-order valence-electron chi connectivity index (χ4n) is 4.09. The van der Waals surface area contributed by atoms with Gasteiger partial charge in [-0.2, -0.15) is 5.26 Å². The zero-order valence-electron chi connectivity index (χ0n) is 15.2. The van der Waals surface area contributed by atoms with Crippen LogP contribution in [0.1, 0.15) is 48.9 Å². The summed E-state index contributed by atoms with van der Waals surface area (Å²) in [5.41, 5.74) is 1.54. The van der Waals surface area contributed by atoms with Crippen LogP contribution in [0.4, 0.5) is 0 Å². The number of aromatic nitrogens is 1. The van der Waals surface area contributed by atoms with Crippen LogP contribution in [0.2, 0.25) is 0 Å². The Balaban J connectivity index is 1.47. The first kappa shape index (κ1) is 17.6. The van der Waals surface area contributed by atoms with Crippen molar-refractivity contribution >= 4 is 22.7 Å². The molecule has 2 fully saturated rings. The molecule has 0 bridgehead atoms. The van der Waals surface area contributed by atoms with Gasteiger partial charge in [-0.15, -0.1) is 0 Å². The zero-order valence-corrected chi connectivity index (χ0v) is 15.2. The summed E-state index contributed by atoms with van der Waals surface area (Å²) in [6.45, 7) is 0. The molecule has 6 heteroatoms. The zero-order chi connectivity index (χ0) is 18.8. The molecule has 0 saturated heterocycles. The number of hydrogen-bond acceptors (Lipinski definition) is 3. The smallest absolute Gasteiger partial charge is 0.252 e. The predicted octanol–water partition coefficient (Wildman–Crippen LogP) is 2.87. The summed E-state index contributed by atoms with van der Waals surface area (Å²) in [4.78, 5) is 28.8. The Morgan fingerprint density at radius 3 is 2.74 bits per heavy atom.